The summed E-state index contributed by atoms with van der Waals surface area (Å²) in [6, 6.07) is 3.05. The van der Waals surface area contributed by atoms with Crippen molar-refractivity contribution in [1.82, 2.24) is 25.0 Å². The fraction of sp³-hybridized carbons (Fsp3) is 0.235. The van der Waals surface area contributed by atoms with Gasteiger partial charge in [-0.15, -0.1) is 5.10 Å². The highest BCUT2D eigenvalue weighted by Gasteiger charge is 2.58. The van der Waals surface area contributed by atoms with Gasteiger partial charge in [0.05, 0.1) is 18.4 Å². The normalized spacial score (nSPS) is 13.7. The third-order valence-corrected chi connectivity index (χ3v) is 4.94. The molecule has 2 aromatic heterocycles. The lowest BCUT2D eigenvalue weighted by atomic mass is 10.1. The maximum Gasteiger partial charge on any atom is 0.402 e. The number of benzene rings is 1. The molecule has 0 radical (unpaired) electrons. The second-order valence-corrected chi connectivity index (χ2v) is 7.41. The molecule has 0 aliphatic heterocycles. The van der Waals surface area contributed by atoms with Crippen LogP contribution in [0.5, 0.6) is 0 Å². The highest BCUT2D eigenvalue weighted by Crippen LogP contribution is 2.50. The van der Waals surface area contributed by atoms with Crippen LogP contribution in [0.2, 0.25) is 0 Å². The first kappa shape index (κ1) is 21.1. The zero-order valence-corrected chi connectivity index (χ0v) is 16.4. The van der Waals surface area contributed by atoms with Crippen LogP contribution in [0.25, 0.3) is 11.3 Å². The molecule has 152 valence electrons. The number of carbonyl (C=O) groups excluding carboxylic acids is 1. The molecule has 1 atom stereocenters. The lowest BCUT2D eigenvalue weighted by molar-refractivity contribution is -0.139. The standard InChI is InChI=1S/C17H13ClF3N5O2S/c1-2-28-14(27)12-6-4-11(5-7-12)13-10-26(25-24-13)17(20,21)16(18,19)29-15-22-8-3-9-23-15/h3-10H,2H2,1H3. The van der Waals surface area contributed by atoms with Crippen LogP contribution in [0.15, 0.2) is 54.1 Å². The Morgan fingerprint density at radius 1 is 1.21 bits per heavy atom. The van der Waals surface area contributed by atoms with Gasteiger partial charge in [0, 0.05) is 18.0 Å². The molecule has 0 saturated heterocycles. The van der Waals surface area contributed by atoms with Gasteiger partial charge in [0.2, 0.25) is 0 Å². The Morgan fingerprint density at radius 3 is 2.48 bits per heavy atom. The number of halogens is 4. The highest BCUT2D eigenvalue weighted by atomic mass is 35.5. The number of carbonyl (C=O) groups is 1. The largest absolute Gasteiger partial charge is 0.462 e. The lowest BCUT2D eigenvalue weighted by Crippen LogP contribution is -2.40. The first-order valence-electron chi connectivity index (χ1n) is 8.16. The van der Waals surface area contributed by atoms with Crippen molar-refractivity contribution in [3.8, 4) is 11.3 Å². The third-order valence-electron chi connectivity index (χ3n) is 3.58. The quantitative estimate of drug-likeness (QED) is 0.235. The lowest BCUT2D eigenvalue weighted by Gasteiger charge is -2.25. The molecule has 0 spiro atoms. The average Bonchev–Trinajstić information content (AvgIpc) is 3.19. The molecule has 0 saturated carbocycles. The Labute approximate surface area is 172 Å². The number of thioether (sulfide) groups is 1. The van der Waals surface area contributed by atoms with E-state index < -0.39 is 16.5 Å². The van der Waals surface area contributed by atoms with Crippen molar-refractivity contribution >= 4 is 29.3 Å². The topological polar surface area (TPSA) is 82.8 Å². The van der Waals surface area contributed by atoms with E-state index in [1.54, 1.807) is 6.92 Å². The van der Waals surface area contributed by atoms with Crippen LogP contribution in [0.3, 0.4) is 0 Å². The summed E-state index contributed by atoms with van der Waals surface area (Å²) in [5.74, 6) is -0.515. The summed E-state index contributed by atoms with van der Waals surface area (Å²) in [7, 11) is 0. The molecule has 1 unspecified atom stereocenters. The molecule has 0 bridgehead atoms. The molecule has 12 heteroatoms. The smallest absolute Gasteiger partial charge is 0.402 e. The maximum atomic E-state index is 14.6. The first-order valence-corrected chi connectivity index (χ1v) is 9.36. The van der Waals surface area contributed by atoms with Gasteiger partial charge >= 0.3 is 16.5 Å². The molecular formula is C17H13ClF3N5O2S. The van der Waals surface area contributed by atoms with E-state index in [-0.39, 0.29) is 39.5 Å². The summed E-state index contributed by atoms with van der Waals surface area (Å²) < 4.78 is 45.1. The number of esters is 1. The van der Waals surface area contributed by atoms with Crippen LogP contribution in [0, 0.1) is 0 Å². The highest BCUT2D eigenvalue weighted by molar-refractivity contribution is 8.01. The molecule has 0 N–H and O–H groups in total. The summed E-state index contributed by atoms with van der Waals surface area (Å²) in [5, 5.41) is 6.68. The third kappa shape index (κ3) is 4.51. The molecule has 2 heterocycles. The molecule has 29 heavy (non-hydrogen) atoms. The van der Waals surface area contributed by atoms with Crippen LogP contribution >= 0.6 is 23.4 Å². The minimum atomic E-state index is -4.27. The van der Waals surface area contributed by atoms with Crippen molar-refractivity contribution in [1.29, 1.82) is 0 Å². The number of hydrogen-bond acceptors (Lipinski definition) is 7. The van der Waals surface area contributed by atoms with E-state index >= 15 is 0 Å². The fourth-order valence-corrected chi connectivity index (χ4v) is 3.14. The van der Waals surface area contributed by atoms with Gasteiger partial charge in [-0.3, -0.25) is 0 Å². The second kappa shape index (κ2) is 8.37. The molecule has 1 aromatic carbocycles. The van der Waals surface area contributed by atoms with E-state index in [0.29, 0.717) is 5.56 Å². The Balaban J connectivity index is 1.81. The van der Waals surface area contributed by atoms with Gasteiger partial charge in [-0.05, 0) is 36.9 Å². The predicted molar refractivity (Wildman–Crippen MR) is 99.2 cm³/mol. The van der Waals surface area contributed by atoms with E-state index in [4.69, 9.17) is 16.3 Å². The Kier molecular flexibility index (Phi) is 6.08. The fourth-order valence-electron chi connectivity index (χ4n) is 2.17. The van der Waals surface area contributed by atoms with E-state index in [2.05, 4.69) is 20.3 Å². The molecular weight excluding hydrogens is 431 g/mol. The number of alkyl halides is 4. The molecule has 0 amide bonds. The summed E-state index contributed by atoms with van der Waals surface area (Å²) in [6.45, 7) is 1.90. The predicted octanol–water partition coefficient (Wildman–Crippen LogP) is 4.12. The van der Waals surface area contributed by atoms with Crippen LogP contribution in [0.4, 0.5) is 13.2 Å². The minimum absolute atomic E-state index is 0.0323. The zero-order chi connectivity index (χ0) is 21.1. The van der Waals surface area contributed by atoms with Gasteiger partial charge in [0.25, 0.3) is 0 Å². The molecule has 0 fully saturated rings. The molecule has 3 rings (SSSR count). The molecule has 7 nitrogen and oxygen atoms in total. The summed E-state index contributed by atoms with van der Waals surface area (Å²) in [5.41, 5.74) is 0.711. The van der Waals surface area contributed by atoms with Gasteiger partial charge < -0.3 is 4.74 Å². The van der Waals surface area contributed by atoms with Crippen LogP contribution in [-0.4, -0.2) is 42.0 Å². The number of hydrogen-bond donors (Lipinski definition) is 0. The van der Waals surface area contributed by atoms with Gasteiger partial charge in [0.1, 0.15) is 5.69 Å². The van der Waals surface area contributed by atoms with Crippen molar-refractivity contribution in [3.05, 3.63) is 54.5 Å². The van der Waals surface area contributed by atoms with Gasteiger partial charge in [0.15, 0.2) is 5.16 Å². The summed E-state index contributed by atoms with van der Waals surface area (Å²) >= 11 is 5.41. The van der Waals surface area contributed by atoms with Crippen molar-refractivity contribution in [2.45, 2.75) is 22.6 Å². The Bertz CT molecular complexity index is 986. The molecule has 0 aliphatic rings. The minimum Gasteiger partial charge on any atom is -0.462 e. The first-order chi connectivity index (χ1) is 13.7. The van der Waals surface area contributed by atoms with E-state index in [9.17, 15) is 18.0 Å². The van der Waals surface area contributed by atoms with Crippen molar-refractivity contribution in [2.24, 2.45) is 0 Å². The average molecular weight is 444 g/mol. The van der Waals surface area contributed by atoms with Crippen molar-refractivity contribution in [3.63, 3.8) is 0 Å². The van der Waals surface area contributed by atoms with Crippen LogP contribution < -0.4 is 0 Å². The summed E-state index contributed by atoms with van der Waals surface area (Å²) in [6.07, 6.45) is 3.39. The van der Waals surface area contributed by atoms with Crippen LogP contribution in [-0.2, 0) is 10.8 Å². The molecule has 3 aromatic rings. The number of rotatable bonds is 7. The number of aromatic nitrogens is 5. The Morgan fingerprint density at radius 2 is 1.86 bits per heavy atom. The van der Waals surface area contributed by atoms with Gasteiger partial charge in [-0.2, -0.15) is 13.5 Å². The van der Waals surface area contributed by atoms with Crippen molar-refractivity contribution in [2.75, 3.05) is 6.61 Å². The van der Waals surface area contributed by atoms with E-state index in [1.165, 1.54) is 42.7 Å². The van der Waals surface area contributed by atoms with Crippen molar-refractivity contribution < 1.29 is 22.7 Å². The number of ether oxygens (including phenoxy) is 1. The zero-order valence-electron chi connectivity index (χ0n) is 14.8. The number of nitrogens with zero attached hydrogens (tertiary/aromatic N) is 5. The van der Waals surface area contributed by atoms with Crippen LogP contribution in [0.1, 0.15) is 17.3 Å². The van der Waals surface area contributed by atoms with E-state index in [1.807, 2.05) is 0 Å². The van der Waals surface area contributed by atoms with Gasteiger partial charge in [-0.1, -0.05) is 28.9 Å². The maximum absolute atomic E-state index is 14.6. The summed E-state index contributed by atoms with van der Waals surface area (Å²) in [4.78, 5) is 19.0. The SMILES string of the molecule is CCOC(=O)c1ccc(-c2cn(C(F)(F)C(F)(Cl)Sc3ncccn3)nn2)cc1. The van der Waals surface area contributed by atoms with Gasteiger partial charge in [-0.25, -0.2) is 19.2 Å². The second-order valence-electron chi connectivity index (χ2n) is 5.54. The monoisotopic (exact) mass is 443 g/mol. The Hall–Kier alpha value is -2.66. The molecule has 0 aliphatic carbocycles. The van der Waals surface area contributed by atoms with E-state index in [0.717, 1.165) is 6.20 Å².